The predicted molar refractivity (Wildman–Crippen MR) is 141 cm³/mol. The molecule has 1 aliphatic heterocycles. The Morgan fingerprint density at radius 2 is 1.52 bits per heavy atom. The van der Waals surface area contributed by atoms with Crippen molar-refractivity contribution in [3.63, 3.8) is 0 Å². The smallest absolute Gasteiger partial charge is 0.119 e. The number of ether oxygens (including phenoxy) is 1. The van der Waals surface area contributed by atoms with E-state index in [0.29, 0.717) is 0 Å². The molecule has 0 aromatic heterocycles. The fourth-order valence-corrected chi connectivity index (χ4v) is 5.19. The number of hydrogen-bond acceptors (Lipinski definition) is 3. The lowest BCUT2D eigenvalue weighted by Crippen LogP contribution is -2.45. The van der Waals surface area contributed by atoms with E-state index < -0.39 is 0 Å². The zero-order chi connectivity index (χ0) is 23.6. The van der Waals surface area contributed by atoms with E-state index in [9.17, 15) is 0 Å². The monoisotopic (exact) mass is 446 g/mol. The number of piperazine rings is 1. The number of likely N-dealkylation sites (N-methyl/N-ethyl adjacent to an activating group) is 1. The Morgan fingerprint density at radius 3 is 2.18 bits per heavy atom. The third-order valence-corrected chi connectivity index (χ3v) is 7.84. The zero-order valence-electron chi connectivity index (χ0n) is 21.6. The van der Waals surface area contributed by atoms with Gasteiger partial charge in [-0.15, -0.1) is 0 Å². The Hall–Kier alpha value is -2.10. The molecule has 33 heavy (non-hydrogen) atoms. The maximum Gasteiger partial charge on any atom is 0.119 e. The summed E-state index contributed by atoms with van der Waals surface area (Å²) in [6, 6.07) is 15.7. The van der Waals surface area contributed by atoms with Crippen molar-refractivity contribution in [1.29, 1.82) is 0 Å². The second-order valence-electron chi connectivity index (χ2n) is 11.4. The fraction of sp³-hybridized carbons (Fsp3) is 0.533. The molecule has 0 N–H and O–H groups in total. The highest BCUT2D eigenvalue weighted by atomic mass is 16.5. The molecular weight excluding hydrogens is 404 g/mol. The number of nitrogens with zero attached hydrogens (tertiary/aromatic N) is 2. The Morgan fingerprint density at radius 1 is 0.879 bits per heavy atom. The maximum absolute atomic E-state index is 6.01. The van der Waals surface area contributed by atoms with E-state index in [0.717, 1.165) is 45.1 Å². The van der Waals surface area contributed by atoms with Crippen LogP contribution in [0.25, 0.3) is 11.6 Å². The van der Waals surface area contributed by atoms with Gasteiger partial charge in [0.25, 0.3) is 0 Å². The lowest BCUT2D eigenvalue weighted by atomic mass is 9.63. The SMILES string of the molecule is C/C(=C\c1ccc(OCCN2CCN(C)CC2)cc1)c1ccc2c(c1)C(C)(C)CCC2(C)C. The van der Waals surface area contributed by atoms with Gasteiger partial charge in [-0.3, -0.25) is 4.90 Å². The predicted octanol–water partition coefficient (Wildman–Crippen LogP) is 6.22. The van der Waals surface area contributed by atoms with Crippen LogP contribution in [0.3, 0.4) is 0 Å². The lowest BCUT2D eigenvalue weighted by Gasteiger charge is -2.42. The second-order valence-corrected chi connectivity index (χ2v) is 11.4. The molecule has 4 rings (SSSR count). The molecule has 1 saturated heterocycles. The van der Waals surface area contributed by atoms with Crippen LogP contribution < -0.4 is 4.74 Å². The van der Waals surface area contributed by atoms with Gasteiger partial charge >= 0.3 is 0 Å². The first-order valence-corrected chi connectivity index (χ1v) is 12.6. The van der Waals surface area contributed by atoms with Crippen molar-refractivity contribution in [2.24, 2.45) is 0 Å². The first kappa shape index (κ1) is 24.0. The summed E-state index contributed by atoms with van der Waals surface area (Å²) in [5.41, 5.74) is 7.40. The highest BCUT2D eigenvalue weighted by molar-refractivity contribution is 5.80. The highest BCUT2D eigenvalue weighted by Gasteiger charge is 2.36. The summed E-state index contributed by atoms with van der Waals surface area (Å²) < 4.78 is 6.01. The van der Waals surface area contributed by atoms with Crippen LogP contribution in [0.2, 0.25) is 0 Å². The minimum atomic E-state index is 0.240. The Kier molecular flexibility index (Phi) is 7.02. The van der Waals surface area contributed by atoms with Crippen LogP contribution >= 0.6 is 0 Å². The number of allylic oxidation sites excluding steroid dienone is 1. The first-order chi connectivity index (χ1) is 15.6. The molecule has 2 aliphatic rings. The van der Waals surface area contributed by atoms with Crippen LogP contribution in [0, 0.1) is 0 Å². The van der Waals surface area contributed by atoms with E-state index in [-0.39, 0.29) is 10.8 Å². The molecule has 178 valence electrons. The molecule has 2 aromatic carbocycles. The summed E-state index contributed by atoms with van der Waals surface area (Å²) in [4.78, 5) is 4.87. The number of hydrogen-bond donors (Lipinski definition) is 0. The minimum Gasteiger partial charge on any atom is -0.492 e. The molecule has 3 heteroatoms. The van der Waals surface area contributed by atoms with Crippen molar-refractivity contribution in [1.82, 2.24) is 9.80 Å². The van der Waals surface area contributed by atoms with Crippen molar-refractivity contribution < 1.29 is 4.74 Å². The summed E-state index contributed by atoms with van der Waals surface area (Å²) in [5.74, 6) is 0.955. The minimum absolute atomic E-state index is 0.240. The van der Waals surface area contributed by atoms with Gasteiger partial charge in [0.15, 0.2) is 0 Å². The van der Waals surface area contributed by atoms with E-state index in [2.05, 4.69) is 100 Å². The molecule has 0 amide bonds. The van der Waals surface area contributed by atoms with Gasteiger partial charge < -0.3 is 9.64 Å². The molecule has 3 nitrogen and oxygen atoms in total. The van der Waals surface area contributed by atoms with Gasteiger partial charge in [0.1, 0.15) is 12.4 Å². The number of benzene rings is 2. The van der Waals surface area contributed by atoms with Crippen molar-refractivity contribution in [2.75, 3.05) is 46.4 Å². The molecule has 0 atom stereocenters. The molecule has 1 fully saturated rings. The molecule has 1 heterocycles. The van der Waals surface area contributed by atoms with Crippen molar-refractivity contribution >= 4 is 11.6 Å². The van der Waals surface area contributed by atoms with Gasteiger partial charge in [0.2, 0.25) is 0 Å². The summed E-state index contributed by atoms with van der Waals surface area (Å²) >= 11 is 0. The van der Waals surface area contributed by atoms with Crippen LogP contribution in [0.5, 0.6) is 5.75 Å². The summed E-state index contributed by atoms with van der Waals surface area (Å²) in [7, 11) is 2.19. The number of rotatable bonds is 6. The maximum atomic E-state index is 6.01. The molecule has 0 spiro atoms. The molecule has 0 saturated carbocycles. The van der Waals surface area contributed by atoms with Crippen molar-refractivity contribution in [3.05, 3.63) is 64.7 Å². The van der Waals surface area contributed by atoms with Crippen LogP contribution in [0.15, 0.2) is 42.5 Å². The summed E-state index contributed by atoms with van der Waals surface area (Å²) in [5, 5.41) is 0. The average molecular weight is 447 g/mol. The van der Waals surface area contributed by atoms with Gasteiger partial charge in [-0.25, -0.2) is 0 Å². The topological polar surface area (TPSA) is 15.7 Å². The normalized spacial score (nSPS) is 21.0. The molecular formula is C30H42N2O. The first-order valence-electron chi connectivity index (χ1n) is 12.6. The Labute approximate surface area is 201 Å². The Bertz CT molecular complexity index is 979. The van der Waals surface area contributed by atoms with E-state index in [4.69, 9.17) is 4.74 Å². The molecule has 0 unspecified atom stereocenters. The standard InChI is InChI=1S/C30H42N2O/c1-23(25-9-12-27-28(22-25)30(4,5)14-13-29(27,2)3)21-24-7-10-26(11-8-24)33-20-19-32-17-15-31(6)16-18-32/h7-12,21-22H,13-20H2,1-6H3/b23-21+. The molecule has 1 aliphatic carbocycles. The van der Waals surface area contributed by atoms with Crippen molar-refractivity contribution in [2.45, 2.75) is 58.3 Å². The second kappa shape index (κ2) is 9.64. The van der Waals surface area contributed by atoms with Crippen molar-refractivity contribution in [3.8, 4) is 5.75 Å². The van der Waals surface area contributed by atoms with Gasteiger partial charge in [0.05, 0.1) is 0 Å². The van der Waals surface area contributed by atoms with E-state index in [1.807, 2.05) is 0 Å². The highest BCUT2D eigenvalue weighted by Crippen LogP contribution is 2.46. The zero-order valence-corrected chi connectivity index (χ0v) is 21.6. The summed E-state index contributed by atoms with van der Waals surface area (Å²) in [6.45, 7) is 18.1. The van der Waals surface area contributed by atoms with Gasteiger partial charge in [0, 0.05) is 32.7 Å². The number of fused-ring (bicyclic) bond motifs is 1. The largest absolute Gasteiger partial charge is 0.492 e. The van der Waals surface area contributed by atoms with Gasteiger partial charge in [-0.05, 0) is 77.6 Å². The van der Waals surface area contributed by atoms with E-state index in [1.165, 1.54) is 40.7 Å². The third-order valence-electron chi connectivity index (χ3n) is 7.84. The summed E-state index contributed by atoms with van der Waals surface area (Å²) in [6.07, 6.45) is 4.79. The van der Waals surface area contributed by atoms with Crippen LogP contribution in [0.4, 0.5) is 0 Å². The van der Waals surface area contributed by atoms with Crippen LogP contribution in [-0.4, -0.2) is 56.2 Å². The van der Waals surface area contributed by atoms with Gasteiger partial charge in [-0.2, -0.15) is 0 Å². The van der Waals surface area contributed by atoms with Gasteiger partial charge in [-0.1, -0.05) is 64.1 Å². The molecule has 2 aromatic rings. The quantitative estimate of drug-likeness (QED) is 0.490. The molecule has 0 radical (unpaired) electrons. The average Bonchev–Trinajstić information content (AvgIpc) is 2.79. The van der Waals surface area contributed by atoms with Crippen LogP contribution in [-0.2, 0) is 10.8 Å². The third kappa shape index (κ3) is 5.70. The van der Waals surface area contributed by atoms with E-state index >= 15 is 0 Å². The van der Waals surface area contributed by atoms with Crippen LogP contribution in [0.1, 0.15) is 69.7 Å². The lowest BCUT2D eigenvalue weighted by molar-refractivity contribution is 0.134. The fourth-order valence-electron chi connectivity index (χ4n) is 5.19. The Balaban J connectivity index is 1.40. The molecule has 0 bridgehead atoms. The van der Waals surface area contributed by atoms with E-state index in [1.54, 1.807) is 0 Å².